The molecule has 2 aliphatic heterocycles. The number of rotatable bonds is 3. The zero-order chi connectivity index (χ0) is 15.9. The minimum absolute atomic E-state index is 0.00102. The Kier molecular flexibility index (Phi) is 3.87. The molecule has 0 aliphatic carbocycles. The van der Waals surface area contributed by atoms with Crippen LogP contribution in [0.5, 0.6) is 5.75 Å². The molecule has 2 aliphatic rings. The first-order chi connectivity index (χ1) is 10.4. The smallest absolute Gasteiger partial charge is 0.264 e. The van der Waals surface area contributed by atoms with Gasteiger partial charge in [0.25, 0.3) is 5.91 Å². The molecule has 3 rings (SSSR count). The molecule has 7 nitrogen and oxygen atoms in total. The highest BCUT2D eigenvalue weighted by Gasteiger charge is 2.31. The van der Waals surface area contributed by atoms with E-state index < -0.39 is 16.1 Å². The maximum absolute atomic E-state index is 12.4. The van der Waals surface area contributed by atoms with E-state index in [-0.39, 0.29) is 22.5 Å². The van der Waals surface area contributed by atoms with Crippen LogP contribution in [0.1, 0.15) is 6.42 Å². The molecule has 1 aromatic rings. The van der Waals surface area contributed by atoms with Crippen LogP contribution in [-0.2, 0) is 19.6 Å². The number of hydrogen-bond acceptors (Lipinski definition) is 6. The second-order valence-corrected chi connectivity index (χ2v) is 7.81. The molecule has 22 heavy (non-hydrogen) atoms. The monoisotopic (exact) mass is 342 g/mol. The minimum atomic E-state index is -3.83. The third-order valence-corrected chi connectivity index (χ3v) is 6.04. The number of carbonyl (C=O) groups is 2. The van der Waals surface area contributed by atoms with Crippen molar-refractivity contribution in [1.29, 1.82) is 0 Å². The SMILES string of the molecule is CN1C(=O)COc2ccc(S(=O)(=O)NC3CCSC3=O)cc21. The summed E-state index contributed by atoms with van der Waals surface area (Å²) in [6.07, 6.45) is 0.481. The van der Waals surface area contributed by atoms with E-state index >= 15 is 0 Å². The first-order valence-electron chi connectivity index (χ1n) is 6.61. The van der Waals surface area contributed by atoms with Crippen LogP contribution in [0.15, 0.2) is 23.1 Å². The van der Waals surface area contributed by atoms with Gasteiger partial charge in [-0.25, -0.2) is 8.42 Å². The maximum atomic E-state index is 12.4. The fourth-order valence-electron chi connectivity index (χ4n) is 2.28. The van der Waals surface area contributed by atoms with E-state index in [9.17, 15) is 18.0 Å². The molecule has 2 heterocycles. The van der Waals surface area contributed by atoms with Gasteiger partial charge in [0.1, 0.15) is 5.75 Å². The Hall–Kier alpha value is -1.58. The lowest BCUT2D eigenvalue weighted by Gasteiger charge is -2.26. The van der Waals surface area contributed by atoms with Crippen LogP contribution in [-0.4, -0.2) is 44.9 Å². The van der Waals surface area contributed by atoms with Crippen molar-refractivity contribution < 1.29 is 22.7 Å². The number of ether oxygens (including phenoxy) is 1. The summed E-state index contributed by atoms with van der Waals surface area (Å²) in [7, 11) is -2.27. The van der Waals surface area contributed by atoms with Gasteiger partial charge in [0, 0.05) is 12.8 Å². The average molecular weight is 342 g/mol. The standard InChI is InChI=1S/C13H14N2O5S2/c1-15-10-6-8(2-3-11(10)20-7-12(15)16)22(18,19)14-9-4-5-21-13(9)17/h2-3,6,9,14H,4-5,7H2,1H3. The molecule has 1 unspecified atom stereocenters. The van der Waals surface area contributed by atoms with Crippen molar-refractivity contribution in [3.05, 3.63) is 18.2 Å². The Labute approximate surface area is 132 Å². The lowest BCUT2D eigenvalue weighted by atomic mass is 10.2. The number of carbonyl (C=O) groups excluding carboxylic acids is 2. The van der Waals surface area contributed by atoms with Gasteiger partial charge in [-0.2, -0.15) is 4.72 Å². The number of fused-ring (bicyclic) bond motifs is 1. The second-order valence-electron chi connectivity index (χ2n) is 5.00. The molecule has 0 bridgehead atoms. The topological polar surface area (TPSA) is 92.8 Å². The van der Waals surface area contributed by atoms with Crippen molar-refractivity contribution in [2.75, 3.05) is 24.3 Å². The van der Waals surface area contributed by atoms with Gasteiger partial charge in [0.2, 0.25) is 15.1 Å². The molecule has 0 aromatic heterocycles. The number of benzene rings is 1. The largest absolute Gasteiger partial charge is 0.482 e. The van der Waals surface area contributed by atoms with Crippen molar-refractivity contribution in [3.63, 3.8) is 0 Å². The summed E-state index contributed by atoms with van der Waals surface area (Å²) in [5.41, 5.74) is 0.395. The fraction of sp³-hybridized carbons (Fsp3) is 0.385. The van der Waals surface area contributed by atoms with Crippen molar-refractivity contribution in [3.8, 4) is 5.75 Å². The van der Waals surface area contributed by atoms with Crippen LogP contribution in [0.4, 0.5) is 5.69 Å². The highest BCUT2D eigenvalue weighted by molar-refractivity contribution is 8.14. The molecule has 1 saturated heterocycles. The predicted octanol–water partition coefficient (Wildman–Crippen LogP) is 0.352. The van der Waals surface area contributed by atoms with Gasteiger partial charge >= 0.3 is 0 Å². The first-order valence-corrected chi connectivity index (χ1v) is 9.08. The van der Waals surface area contributed by atoms with Crippen LogP contribution in [0, 0.1) is 0 Å². The molecule has 9 heteroatoms. The van der Waals surface area contributed by atoms with E-state index in [0.29, 0.717) is 23.6 Å². The molecule has 1 amide bonds. The summed E-state index contributed by atoms with van der Waals surface area (Å²) in [5, 5.41) is -0.169. The summed E-state index contributed by atoms with van der Waals surface area (Å²) in [5.74, 6) is 0.812. The Bertz CT molecular complexity index is 747. The molecule has 1 atom stereocenters. The second kappa shape index (κ2) is 5.56. The lowest BCUT2D eigenvalue weighted by molar-refractivity contribution is -0.121. The predicted molar refractivity (Wildman–Crippen MR) is 81.5 cm³/mol. The molecule has 1 aromatic carbocycles. The average Bonchev–Trinajstić information content (AvgIpc) is 2.87. The van der Waals surface area contributed by atoms with Gasteiger partial charge in [-0.3, -0.25) is 9.59 Å². The highest BCUT2D eigenvalue weighted by atomic mass is 32.2. The van der Waals surface area contributed by atoms with E-state index in [1.54, 1.807) is 7.05 Å². The van der Waals surface area contributed by atoms with Crippen LogP contribution in [0.2, 0.25) is 0 Å². The van der Waals surface area contributed by atoms with Gasteiger partial charge in [-0.1, -0.05) is 11.8 Å². The van der Waals surface area contributed by atoms with Gasteiger partial charge in [0.05, 0.1) is 16.6 Å². The number of likely N-dealkylation sites (N-methyl/N-ethyl adjacent to an activating group) is 1. The minimum Gasteiger partial charge on any atom is -0.482 e. The zero-order valence-electron chi connectivity index (χ0n) is 11.7. The van der Waals surface area contributed by atoms with Crippen molar-refractivity contribution >= 4 is 38.5 Å². The molecule has 1 fully saturated rings. The summed E-state index contributed by atoms with van der Waals surface area (Å²) >= 11 is 1.13. The number of anilines is 1. The summed E-state index contributed by atoms with van der Waals surface area (Å²) in [4.78, 5) is 24.6. The molecule has 0 spiro atoms. The number of amides is 1. The summed E-state index contributed by atoms with van der Waals surface area (Å²) < 4.78 is 32.5. The molecule has 1 N–H and O–H groups in total. The third kappa shape index (κ3) is 2.71. The zero-order valence-corrected chi connectivity index (χ0v) is 13.4. The fourth-order valence-corrected chi connectivity index (χ4v) is 4.53. The number of nitrogens with one attached hydrogen (secondary N) is 1. The molecular formula is C13H14N2O5S2. The molecule has 0 saturated carbocycles. The van der Waals surface area contributed by atoms with E-state index in [0.717, 1.165) is 11.8 Å². The van der Waals surface area contributed by atoms with E-state index in [1.807, 2.05) is 0 Å². The van der Waals surface area contributed by atoms with Crippen molar-refractivity contribution in [2.24, 2.45) is 0 Å². The number of thioether (sulfide) groups is 1. The van der Waals surface area contributed by atoms with Gasteiger partial charge in [0.15, 0.2) is 6.61 Å². The van der Waals surface area contributed by atoms with Gasteiger partial charge in [-0.05, 0) is 24.6 Å². The Morgan fingerprint density at radius 2 is 2.14 bits per heavy atom. The van der Waals surface area contributed by atoms with Crippen LogP contribution >= 0.6 is 11.8 Å². The van der Waals surface area contributed by atoms with Crippen molar-refractivity contribution in [1.82, 2.24) is 4.72 Å². The normalized spacial score (nSPS) is 21.7. The third-order valence-electron chi connectivity index (χ3n) is 3.56. The molecule has 0 radical (unpaired) electrons. The quantitative estimate of drug-likeness (QED) is 0.852. The number of nitrogens with zero attached hydrogens (tertiary/aromatic N) is 1. The van der Waals surface area contributed by atoms with Crippen LogP contribution in [0.3, 0.4) is 0 Å². The van der Waals surface area contributed by atoms with E-state index in [2.05, 4.69) is 4.72 Å². The van der Waals surface area contributed by atoms with E-state index in [1.165, 1.54) is 23.1 Å². The van der Waals surface area contributed by atoms with Crippen LogP contribution < -0.4 is 14.4 Å². The van der Waals surface area contributed by atoms with Gasteiger partial charge in [-0.15, -0.1) is 0 Å². The van der Waals surface area contributed by atoms with Crippen LogP contribution in [0.25, 0.3) is 0 Å². The summed E-state index contributed by atoms with van der Waals surface area (Å²) in [6, 6.07) is 3.60. The van der Waals surface area contributed by atoms with Crippen molar-refractivity contribution in [2.45, 2.75) is 17.4 Å². The first kappa shape index (κ1) is 15.3. The highest BCUT2D eigenvalue weighted by Crippen LogP contribution is 2.33. The molecular weight excluding hydrogens is 328 g/mol. The Morgan fingerprint density at radius 1 is 1.36 bits per heavy atom. The van der Waals surface area contributed by atoms with E-state index in [4.69, 9.17) is 4.74 Å². The summed E-state index contributed by atoms with van der Waals surface area (Å²) in [6.45, 7) is -0.0678. The lowest BCUT2D eigenvalue weighted by Crippen LogP contribution is -2.38. The van der Waals surface area contributed by atoms with Gasteiger partial charge < -0.3 is 9.64 Å². The number of hydrogen-bond donors (Lipinski definition) is 1. The number of sulfonamides is 1. The molecule has 118 valence electrons. The Morgan fingerprint density at radius 3 is 2.82 bits per heavy atom. The maximum Gasteiger partial charge on any atom is 0.264 e. The Balaban J connectivity index is 1.91.